The summed E-state index contributed by atoms with van der Waals surface area (Å²) in [5, 5.41) is 0. The van der Waals surface area contributed by atoms with Crippen molar-refractivity contribution in [3.8, 4) is 0 Å². The molecule has 0 atom stereocenters. The lowest BCUT2D eigenvalue weighted by Crippen LogP contribution is -2.20. The summed E-state index contributed by atoms with van der Waals surface area (Å²) in [4.78, 5) is 0.328. The third kappa shape index (κ3) is 2.62. The minimum Gasteiger partial charge on any atom is -0.214 e. The van der Waals surface area contributed by atoms with Crippen LogP contribution in [0, 0.1) is 0 Å². The molecule has 90 valence electrons. The minimum atomic E-state index is -3.34. The number of hydrogen-bond acceptors (Lipinski definition) is 2. The molecule has 0 aromatic heterocycles. The van der Waals surface area contributed by atoms with Crippen LogP contribution in [0.5, 0.6) is 0 Å². The highest BCUT2D eigenvalue weighted by Crippen LogP contribution is 2.28. The fourth-order valence-electron chi connectivity index (χ4n) is 1.41. The molecule has 0 spiro atoms. The Hall–Kier alpha value is -0.870. The van der Waals surface area contributed by atoms with Gasteiger partial charge in [-0.25, -0.2) is 13.1 Å². The fraction of sp³-hybridized carbons (Fsp3) is 0.500. The SMILES string of the molecule is CCC(C)(C)c1cccc(S(=O)(=O)NC)c1. The molecule has 1 rings (SSSR count). The largest absolute Gasteiger partial charge is 0.240 e. The topological polar surface area (TPSA) is 46.2 Å². The van der Waals surface area contributed by atoms with Crippen LogP contribution in [-0.4, -0.2) is 15.5 Å². The summed E-state index contributed by atoms with van der Waals surface area (Å²) >= 11 is 0. The van der Waals surface area contributed by atoms with E-state index in [1.165, 1.54) is 7.05 Å². The van der Waals surface area contributed by atoms with Crippen LogP contribution in [0.15, 0.2) is 29.2 Å². The van der Waals surface area contributed by atoms with Gasteiger partial charge in [0.15, 0.2) is 0 Å². The van der Waals surface area contributed by atoms with Crippen LogP contribution in [0.25, 0.3) is 0 Å². The van der Waals surface area contributed by atoms with Crippen LogP contribution < -0.4 is 4.72 Å². The van der Waals surface area contributed by atoms with E-state index < -0.39 is 10.0 Å². The summed E-state index contributed by atoms with van der Waals surface area (Å²) < 4.78 is 25.6. The number of hydrogen-bond donors (Lipinski definition) is 1. The molecule has 0 radical (unpaired) electrons. The van der Waals surface area contributed by atoms with Crippen molar-refractivity contribution in [1.82, 2.24) is 4.72 Å². The lowest BCUT2D eigenvalue weighted by Gasteiger charge is -2.23. The van der Waals surface area contributed by atoms with E-state index in [1.807, 2.05) is 6.07 Å². The first-order chi connectivity index (χ1) is 7.33. The van der Waals surface area contributed by atoms with Crippen molar-refractivity contribution in [2.75, 3.05) is 7.05 Å². The van der Waals surface area contributed by atoms with Crippen LogP contribution in [-0.2, 0) is 15.4 Å². The van der Waals surface area contributed by atoms with Gasteiger partial charge in [0.25, 0.3) is 0 Å². The predicted molar refractivity (Wildman–Crippen MR) is 66.0 cm³/mol. The standard InChI is InChI=1S/C12H19NO2S/c1-5-12(2,3)10-7-6-8-11(9-10)16(14,15)13-4/h6-9,13H,5H2,1-4H3. The molecule has 4 heteroatoms. The normalized spacial score (nSPS) is 12.8. The monoisotopic (exact) mass is 241 g/mol. The van der Waals surface area contributed by atoms with Gasteiger partial charge in [-0.1, -0.05) is 32.9 Å². The second kappa shape index (κ2) is 4.55. The summed E-state index contributed by atoms with van der Waals surface area (Å²) in [5.74, 6) is 0. The molecule has 1 N–H and O–H groups in total. The van der Waals surface area contributed by atoms with Gasteiger partial charge in [-0.3, -0.25) is 0 Å². The third-order valence-corrected chi connectivity index (χ3v) is 4.49. The highest BCUT2D eigenvalue weighted by molar-refractivity contribution is 7.89. The van der Waals surface area contributed by atoms with Gasteiger partial charge in [0.1, 0.15) is 0 Å². The second-order valence-electron chi connectivity index (χ2n) is 4.47. The number of rotatable bonds is 4. The van der Waals surface area contributed by atoms with Gasteiger partial charge in [-0.05, 0) is 36.6 Å². The van der Waals surface area contributed by atoms with E-state index in [0.29, 0.717) is 4.90 Å². The van der Waals surface area contributed by atoms with Crippen molar-refractivity contribution in [2.45, 2.75) is 37.5 Å². The lowest BCUT2D eigenvalue weighted by molar-refractivity contribution is 0.504. The molecule has 0 aliphatic carbocycles. The molecule has 0 amide bonds. The van der Waals surface area contributed by atoms with E-state index in [4.69, 9.17) is 0 Å². The molecular formula is C12H19NO2S. The molecule has 0 saturated carbocycles. The predicted octanol–water partition coefficient (Wildman–Crippen LogP) is 2.28. The van der Waals surface area contributed by atoms with E-state index in [1.54, 1.807) is 18.2 Å². The highest BCUT2D eigenvalue weighted by Gasteiger charge is 2.20. The van der Waals surface area contributed by atoms with Gasteiger partial charge in [0.2, 0.25) is 10.0 Å². The Balaban J connectivity index is 3.25. The average molecular weight is 241 g/mol. The van der Waals surface area contributed by atoms with Gasteiger partial charge in [0, 0.05) is 0 Å². The maximum Gasteiger partial charge on any atom is 0.240 e. The molecular weight excluding hydrogens is 222 g/mol. The first-order valence-corrected chi connectivity index (χ1v) is 6.86. The van der Waals surface area contributed by atoms with Crippen LogP contribution in [0.4, 0.5) is 0 Å². The zero-order chi connectivity index (χ0) is 12.4. The Morgan fingerprint density at radius 3 is 2.44 bits per heavy atom. The quantitative estimate of drug-likeness (QED) is 0.879. The minimum absolute atomic E-state index is 0.000723. The maximum absolute atomic E-state index is 11.7. The summed E-state index contributed by atoms with van der Waals surface area (Å²) in [7, 11) is -1.92. The first kappa shape index (κ1) is 13.2. The van der Waals surface area contributed by atoms with Crippen LogP contribution in [0.1, 0.15) is 32.8 Å². The van der Waals surface area contributed by atoms with Crippen molar-refractivity contribution < 1.29 is 8.42 Å². The zero-order valence-electron chi connectivity index (χ0n) is 10.2. The molecule has 0 unspecified atom stereocenters. The Morgan fingerprint density at radius 1 is 1.31 bits per heavy atom. The zero-order valence-corrected chi connectivity index (χ0v) is 11.1. The van der Waals surface area contributed by atoms with E-state index in [-0.39, 0.29) is 5.41 Å². The number of sulfonamides is 1. The summed E-state index contributed by atoms with van der Waals surface area (Å²) in [5.41, 5.74) is 1.05. The highest BCUT2D eigenvalue weighted by atomic mass is 32.2. The van der Waals surface area contributed by atoms with Crippen LogP contribution in [0.3, 0.4) is 0 Å². The van der Waals surface area contributed by atoms with Crippen LogP contribution >= 0.6 is 0 Å². The molecule has 0 saturated heterocycles. The molecule has 0 aliphatic heterocycles. The van der Waals surface area contributed by atoms with Gasteiger partial charge >= 0.3 is 0 Å². The number of benzene rings is 1. The molecule has 0 heterocycles. The lowest BCUT2D eigenvalue weighted by atomic mass is 9.82. The van der Waals surface area contributed by atoms with Gasteiger partial charge in [0.05, 0.1) is 4.90 Å². The van der Waals surface area contributed by atoms with Crippen molar-refractivity contribution >= 4 is 10.0 Å². The Kier molecular flexibility index (Phi) is 3.76. The summed E-state index contributed by atoms with van der Waals surface area (Å²) in [6, 6.07) is 7.12. The van der Waals surface area contributed by atoms with E-state index >= 15 is 0 Å². The third-order valence-electron chi connectivity index (χ3n) is 3.08. The van der Waals surface area contributed by atoms with E-state index in [2.05, 4.69) is 25.5 Å². The van der Waals surface area contributed by atoms with Gasteiger partial charge < -0.3 is 0 Å². The average Bonchev–Trinajstić information content (AvgIpc) is 2.29. The van der Waals surface area contributed by atoms with Crippen molar-refractivity contribution in [1.29, 1.82) is 0 Å². The van der Waals surface area contributed by atoms with E-state index in [9.17, 15) is 8.42 Å². The maximum atomic E-state index is 11.7. The molecule has 0 aliphatic rings. The van der Waals surface area contributed by atoms with Crippen molar-refractivity contribution in [2.24, 2.45) is 0 Å². The Bertz CT molecular complexity index is 464. The Morgan fingerprint density at radius 2 is 1.94 bits per heavy atom. The van der Waals surface area contributed by atoms with E-state index in [0.717, 1.165) is 12.0 Å². The first-order valence-electron chi connectivity index (χ1n) is 5.37. The summed E-state index contributed by atoms with van der Waals surface area (Å²) in [6.45, 7) is 6.31. The Labute approximate surface area is 97.9 Å². The molecule has 16 heavy (non-hydrogen) atoms. The van der Waals surface area contributed by atoms with Gasteiger partial charge in [-0.15, -0.1) is 0 Å². The van der Waals surface area contributed by atoms with Crippen LogP contribution in [0.2, 0.25) is 0 Å². The smallest absolute Gasteiger partial charge is 0.214 e. The number of nitrogens with one attached hydrogen (secondary N) is 1. The second-order valence-corrected chi connectivity index (χ2v) is 6.36. The molecule has 3 nitrogen and oxygen atoms in total. The fourth-order valence-corrected chi connectivity index (χ4v) is 2.18. The molecule has 0 fully saturated rings. The van der Waals surface area contributed by atoms with Crippen molar-refractivity contribution in [3.63, 3.8) is 0 Å². The van der Waals surface area contributed by atoms with Gasteiger partial charge in [-0.2, -0.15) is 0 Å². The van der Waals surface area contributed by atoms with Crippen molar-refractivity contribution in [3.05, 3.63) is 29.8 Å². The summed E-state index contributed by atoms with van der Waals surface area (Å²) in [6.07, 6.45) is 0.968. The molecule has 0 bridgehead atoms. The molecule has 1 aromatic carbocycles. The molecule has 1 aromatic rings.